The first-order valence-corrected chi connectivity index (χ1v) is 7.36. The average Bonchev–Trinajstić information content (AvgIpc) is 2.90. The van der Waals surface area contributed by atoms with Crippen LogP contribution in [-0.4, -0.2) is 25.5 Å². The fraction of sp³-hybridized carbons (Fsp3) is 0.500. The Morgan fingerprint density at radius 3 is 3.11 bits per heavy atom. The van der Waals surface area contributed by atoms with Crippen LogP contribution in [0.1, 0.15) is 18.4 Å². The number of nitrogens with one attached hydrogen (secondary N) is 2. The van der Waals surface area contributed by atoms with E-state index in [4.69, 9.17) is 0 Å². The molecule has 1 fully saturated rings. The summed E-state index contributed by atoms with van der Waals surface area (Å²) < 4.78 is 14.3. The molecule has 1 amide bonds. The van der Waals surface area contributed by atoms with Crippen molar-refractivity contribution >= 4 is 21.8 Å². The summed E-state index contributed by atoms with van der Waals surface area (Å²) in [5.74, 6) is 0.272. The molecular formula is C14H18BrFN2O. The third-order valence-electron chi connectivity index (χ3n) is 3.38. The lowest BCUT2D eigenvalue weighted by Gasteiger charge is -2.10. The Morgan fingerprint density at radius 1 is 1.53 bits per heavy atom. The van der Waals surface area contributed by atoms with E-state index < -0.39 is 0 Å². The minimum absolute atomic E-state index is 0.00808. The molecule has 1 aliphatic heterocycles. The van der Waals surface area contributed by atoms with Crippen molar-refractivity contribution in [2.45, 2.75) is 19.3 Å². The minimum atomic E-state index is -0.254. The average molecular weight is 329 g/mol. The highest BCUT2D eigenvalue weighted by Crippen LogP contribution is 2.16. The van der Waals surface area contributed by atoms with E-state index in [0.29, 0.717) is 30.9 Å². The van der Waals surface area contributed by atoms with Crippen molar-refractivity contribution in [3.05, 3.63) is 34.1 Å². The van der Waals surface area contributed by atoms with Gasteiger partial charge in [-0.3, -0.25) is 4.79 Å². The molecule has 0 saturated carbocycles. The van der Waals surface area contributed by atoms with Gasteiger partial charge in [-0.25, -0.2) is 4.39 Å². The first kappa shape index (κ1) is 14.5. The topological polar surface area (TPSA) is 41.1 Å². The Bertz CT molecular complexity index is 447. The van der Waals surface area contributed by atoms with E-state index in [2.05, 4.69) is 26.6 Å². The third kappa shape index (κ3) is 4.58. The molecule has 5 heteroatoms. The van der Waals surface area contributed by atoms with Crippen molar-refractivity contribution in [2.75, 3.05) is 19.6 Å². The third-order valence-corrected chi connectivity index (χ3v) is 3.87. The van der Waals surface area contributed by atoms with Crippen molar-refractivity contribution in [1.82, 2.24) is 10.6 Å². The number of halogens is 2. The van der Waals surface area contributed by atoms with Crippen LogP contribution in [0.25, 0.3) is 0 Å². The summed E-state index contributed by atoms with van der Waals surface area (Å²) in [6.07, 6.45) is 1.87. The van der Waals surface area contributed by atoms with Crippen molar-refractivity contribution in [3.63, 3.8) is 0 Å². The quantitative estimate of drug-likeness (QED) is 0.870. The first-order chi connectivity index (χ1) is 9.15. The molecule has 1 aliphatic rings. The fourth-order valence-electron chi connectivity index (χ4n) is 2.22. The number of carbonyl (C=O) groups is 1. The van der Waals surface area contributed by atoms with Crippen LogP contribution >= 0.6 is 15.9 Å². The predicted octanol–water partition coefficient (Wildman–Crippen LogP) is 2.25. The lowest BCUT2D eigenvalue weighted by Crippen LogP contribution is -2.30. The van der Waals surface area contributed by atoms with Crippen molar-refractivity contribution in [1.29, 1.82) is 0 Å². The van der Waals surface area contributed by atoms with Gasteiger partial charge in [0.05, 0.1) is 0 Å². The van der Waals surface area contributed by atoms with Crippen LogP contribution in [0, 0.1) is 11.7 Å². The molecule has 1 atom stereocenters. The summed E-state index contributed by atoms with van der Waals surface area (Å²) in [6.45, 7) is 2.72. The highest BCUT2D eigenvalue weighted by molar-refractivity contribution is 9.10. The van der Waals surface area contributed by atoms with Crippen LogP contribution in [0.15, 0.2) is 22.7 Å². The number of hydrogen-bond donors (Lipinski definition) is 2. The molecule has 1 unspecified atom stereocenters. The summed E-state index contributed by atoms with van der Waals surface area (Å²) >= 11 is 3.30. The van der Waals surface area contributed by atoms with Gasteiger partial charge in [0.25, 0.3) is 0 Å². The standard InChI is InChI=1S/C14H18BrFN2O/c15-12-2-3-13(16)11(7-12)1-4-14(19)18-9-10-5-6-17-8-10/h2-3,7,10,17H,1,4-6,8-9H2,(H,18,19). The predicted molar refractivity (Wildman–Crippen MR) is 76.4 cm³/mol. The van der Waals surface area contributed by atoms with Gasteiger partial charge in [-0.15, -0.1) is 0 Å². The van der Waals surface area contributed by atoms with Crippen LogP contribution in [0.2, 0.25) is 0 Å². The monoisotopic (exact) mass is 328 g/mol. The maximum atomic E-state index is 13.5. The molecule has 2 rings (SSSR count). The van der Waals surface area contributed by atoms with Crippen LogP contribution in [-0.2, 0) is 11.2 Å². The molecular weight excluding hydrogens is 311 g/mol. The molecule has 1 aromatic carbocycles. The zero-order chi connectivity index (χ0) is 13.7. The number of rotatable bonds is 5. The van der Waals surface area contributed by atoms with Gasteiger partial charge in [0.1, 0.15) is 5.82 Å². The summed E-state index contributed by atoms with van der Waals surface area (Å²) in [5, 5.41) is 6.18. The lowest BCUT2D eigenvalue weighted by atomic mass is 10.1. The second kappa shape index (κ2) is 7.01. The molecule has 104 valence electrons. The van der Waals surface area contributed by atoms with E-state index in [1.165, 1.54) is 6.07 Å². The molecule has 0 bridgehead atoms. The van der Waals surface area contributed by atoms with Crippen molar-refractivity contribution < 1.29 is 9.18 Å². The number of benzene rings is 1. The Morgan fingerprint density at radius 2 is 2.37 bits per heavy atom. The molecule has 1 aromatic rings. The second-order valence-electron chi connectivity index (χ2n) is 4.90. The summed E-state index contributed by atoms with van der Waals surface area (Å²) in [6, 6.07) is 4.80. The molecule has 2 N–H and O–H groups in total. The smallest absolute Gasteiger partial charge is 0.220 e. The SMILES string of the molecule is O=C(CCc1cc(Br)ccc1F)NCC1CCNC1. The number of carbonyl (C=O) groups excluding carboxylic acids is 1. The molecule has 3 nitrogen and oxygen atoms in total. The van der Waals surface area contributed by atoms with E-state index in [0.717, 1.165) is 24.0 Å². The zero-order valence-electron chi connectivity index (χ0n) is 10.7. The maximum absolute atomic E-state index is 13.5. The van der Waals surface area contributed by atoms with E-state index in [1.807, 2.05) is 0 Å². The first-order valence-electron chi connectivity index (χ1n) is 6.56. The Hall–Kier alpha value is -0.940. The van der Waals surface area contributed by atoms with Crippen LogP contribution < -0.4 is 10.6 Å². The Kier molecular flexibility index (Phi) is 5.34. The van der Waals surface area contributed by atoms with Gasteiger partial charge in [-0.1, -0.05) is 15.9 Å². The van der Waals surface area contributed by atoms with E-state index in [-0.39, 0.29) is 11.7 Å². The molecule has 0 aromatic heterocycles. The van der Waals surface area contributed by atoms with Gasteiger partial charge >= 0.3 is 0 Å². The highest BCUT2D eigenvalue weighted by atomic mass is 79.9. The van der Waals surface area contributed by atoms with Gasteiger partial charge in [-0.2, -0.15) is 0 Å². The maximum Gasteiger partial charge on any atom is 0.220 e. The van der Waals surface area contributed by atoms with Crippen LogP contribution in [0.5, 0.6) is 0 Å². The van der Waals surface area contributed by atoms with Crippen LogP contribution in [0.4, 0.5) is 4.39 Å². The number of amides is 1. The molecule has 0 spiro atoms. The van der Waals surface area contributed by atoms with Crippen molar-refractivity contribution in [2.24, 2.45) is 5.92 Å². The summed E-state index contributed by atoms with van der Waals surface area (Å²) in [5.41, 5.74) is 0.576. The minimum Gasteiger partial charge on any atom is -0.356 e. The van der Waals surface area contributed by atoms with Crippen LogP contribution in [0.3, 0.4) is 0 Å². The van der Waals surface area contributed by atoms with E-state index in [1.54, 1.807) is 12.1 Å². The van der Waals surface area contributed by atoms with Gasteiger partial charge in [-0.05, 0) is 55.6 Å². The van der Waals surface area contributed by atoms with E-state index >= 15 is 0 Å². The van der Waals surface area contributed by atoms with Gasteiger partial charge in [0.15, 0.2) is 0 Å². The largest absolute Gasteiger partial charge is 0.356 e. The van der Waals surface area contributed by atoms with E-state index in [9.17, 15) is 9.18 Å². The molecule has 0 aliphatic carbocycles. The normalized spacial score (nSPS) is 18.5. The molecule has 1 heterocycles. The highest BCUT2D eigenvalue weighted by Gasteiger charge is 2.15. The lowest BCUT2D eigenvalue weighted by molar-refractivity contribution is -0.121. The van der Waals surface area contributed by atoms with Gasteiger partial charge < -0.3 is 10.6 Å². The fourth-order valence-corrected chi connectivity index (χ4v) is 2.63. The Balaban J connectivity index is 1.74. The summed E-state index contributed by atoms with van der Waals surface area (Å²) in [4.78, 5) is 11.7. The Labute approximate surface area is 121 Å². The number of hydrogen-bond acceptors (Lipinski definition) is 2. The second-order valence-corrected chi connectivity index (χ2v) is 5.81. The van der Waals surface area contributed by atoms with Crippen molar-refractivity contribution in [3.8, 4) is 0 Å². The van der Waals surface area contributed by atoms with Gasteiger partial charge in [0, 0.05) is 17.4 Å². The molecule has 1 saturated heterocycles. The summed E-state index contributed by atoms with van der Waals surface area (Å²) in [7, 11) is 0. The molecule has 19 heavy (non-hydrogen) atoms. The van der Waals surface area contributed by atoms with Gasteiger partial charge in [0.2, 0.25) is 5.91 Å². The molecule has 0 radical (unpaired) electrons. The zero-order valence-corrected chi connectivity index (χ0v) is 12.3. The number of aryl methyl sites for hydroxylation is 1.